The summed E-state index contributed by atoms with van der Waals surface area (Å²) in [6, 6.07) is 9.55. The zero-order valence-corrected chi connectivity index (χ0v) is 8.88. The fourth-order valence-electron chi connectivity index (χ4n) is 1.55. The smallest absolute Gasteiger partial charge is 0.142 e. The molecule has 3 nitrogen and oxygen atoms in total. The number of aliphatic hydroxyl groups is 1. The topological polar surface area (TPSA) is 38.1 Å². The van der Waals surface area contributed by atoms with Gasteiger partial charge in [0.15, 0.2) is 0 Å². The van der Waals surface area contributed by atoms with E-state index in [4.69, 9.17) is 0 Å². The van der Waals surface area contributed by atoms with Crippen LogP contribution >= 0.6 is 0 Å². The highest BCUT2D eigenvalue weighted by Gasteiger charge is 2.15. The first-order valence-electron chi connectivity index (χ1n) is 4.91. The van der Waals surface area contributed by atoms with Gasteiger partial charge in [0.25, 0.3) is 0 Å². The third-order valence-corrected chi connectivity index (χ3v) is 2.62. The van der Waals surface area contributed by atoms with Crippen molar-refractivity contribution in [3.05, 3.63) is 53.6 Å². The minimum Gasteiger partial charge on any atom is -0.380 e. The molecule has 1 aromatic heterocycles. The van der Waals surface area contributed by atoms with Gasteiger partial charge in [-0.1, -0.05) is 30.3 Å². The standard InChI is InChI=1S/C12H14N2O/c1-9-8-13-12(14(9)2)11(15)10-6-4-3-5-7-10/h3-8,11,15H,1-2H3. The lowest BCUT2D eigenvalue weighted by Gasteiger charge is -2.11. The van der Waals surface area contributed by atoms with E-state index in [0.29, 0.717) is 5.82 Å². The average Bonchev–Trinajstić information content (AvgIpc) is 2.60. The van der Waals surface area contributed by atoms with E-state index in [9.17, 15) is 5.11 Å². The lowest BCUT2D eigenvalue weighted by molar-refractivity contribution is 0.206. The Morgan fingerprint density at radius 1 is 1.27 bits per heavy atom. The average molecular weight is 202 g/mol. The maximum Gasteiger partial charge on any atom is 0.142 e. The number of aryl methyl sites for hydroxylation is 1. The Balaban J connectivity index is 2.37. The van der Waals surface area contributed by atoms with E-state index in [1.54, 1.807) is 6.20 Å². The molecule has 0 aliphatic heterocycles. The molecule has 0 radical (unpaired) electrons. The van der Waals surface area contributed by atoms with Gasteiger partial charge in [0.05, 0.1) is 0 Å². The Morgan fingerprint density at radius 3 is 2.47 bits per heavy atom. The van der Waals surface area contributed by atoms with Gasteiger partial charge in [0.2, 0.25) is 0 Å². The van der Waals surface area contributed by atoms with Crippen LogP contribution in [0.25, 0.3) is 0 Å². The Bertz CT molecular complexity index is 448. The normalized spacial score (nSPS) is 12.7. The van der Waals surface area contributed by atoms with Gasteiger partial charge in [0, 0.05) is 18.9 Å². The van der Waals surface area contributed by atoms with Crippen LogP contribution < -0.4 is 0 Å². The molecule has 0 spiro atoms. The molecule has 1 heterocycles. The number of rotatable bonds is 2. The first-order valence-corrected chi connectivity index (χ1v) is 4.91. The first-order chi connectivity index (χ1) is 7.20. The van der Waals surface area contributed by atoms with Crippen LogP contribution in [0.3, 0.4) is 0 Å². The monoisotopic (exact) mass is 202 g/mol. The van der Waals surface area contributed by atoms with Gasteiger partial charge in [0.1, 0.15) is 11.9 Å². The van der Waals surface area contributed by atoms with Gasteiger partial charge < -0.3 is 9.67 Å². The van der Waals surface area contributed by atoms with Crippen LogP contribution in [0.4, 0.5) is 0 Å². The fourth-order valence-corrected chi connectivity index (χ4v) is 1.55. The Labute approximate surface area is 89.0 Å². The predicted octanol–water partition coefficient (Wildman–Crippen LogP) is 1.81. The number of hydrogen-bond acceptors (Lipinski definition) is 2. The molecule has 15 heavy (non-hydrogen) atoms. The molecule has 1 atom stereocenters. The van der Waals surface area contributed by atoms with Crippen LogP contribution in [0.5, 0.6) is 0 Å². The van der Waals surface area contributed by atoms with E-state index in [2.05, 4.69) is 4.98 Å². The summed E-state index contributed by atoms with van der Waals surface area (Å²) in [5.74, 6) is 0.679. The first kappa shape index (κ1) is 9.93. The Kier molecular flexibility index (Phi) is 2.56. The van der Waals surface area contributed by atoms with E-state index in [0.717, 1.165) is 11.3 Å². The predicted molar refractivity (Wildman–Crippen MR) is 58.4 cm³/mol. The van der Waals surface area contributed by atoms with Crippen LogP contribution in [-0.4, -0.2) is 14.7 Å². The highest BCUT2D eigenvalue weighted by Crippen LogP contribution is 2.20. The van der Waals surface area contributed by atoms with Gasteiger partial charge in [-0.25, -0.2) is 4.98 Å². The van der Waals surface area contributed by atoms with Crippen molar-refractivity contribution in [2.24, 2.45) is 7.05 Å². The van der Waals surface area contributed by atoms with Gasteiger partial charge >= 0.3 is 0 Å². The van der Waals surface area contributed by atoms with Crippen molar-refractivity contribution in [2.45, 2.75) is 13.0 Å². The maximum atomic E-state index is 10.1. The molecule has 2 rings (SSSR count). The van der Waals surface area contributed by atoms with Crippen LogP contribution in [-0.2, 0) is 7.05 Å². The van der Waals surface area contributed by atoms with E-state index in [1.807, 2.05) is 48.9 Å². The molecular formula is C12H14N2O. The van der Waals surface area contributed by atoms with E-state index in [1.165, 1.54) is 0 Å². The Morgan fingerprint density at radius 2 is 1.93 bits per heavy atom. The molecule has 0 aliphatic rings. The van der Waals surface area contributed by atoms with Crippen LogP contribution in [0.15, 0.2) is 36.5 Å². The number of benzene rings is 1. The van der Waals surface area contributed by atoms with Crippen LogP contribution in [0.1, 0.15) is 23.2 Å². The summed E-state index contributed by atoms with van der Waals surface area (Å²) >= 11 is 0. The minimum atomic E-state index is -0.648. The van der Waals surface area contributed by atoms with Crippen molar-refractivity contribution in [2.75, 3.05) is 0 Å². The Hall–Kier alpha value is -1.61. The van der Waals surface area contributed by atoms with Crippen molar-refractivity contribution in [3.8, 4) is 0 Å². The molecule has 1 unspecified atom stereocenters. The number of aromatic nitrogens is 2. The number of aliphatic hydroxyl groups excluding tert-OH is 1. The summed E-state index contributed by atoms with van der Waals surface area (Å²) in [6.45, 7) is 1.97. The molecule has 78 valence electrons. The molecular weight excluding hydrogens is 188 g/mol. The molecule has 3 heteroatoms. The fraction of sp³-hybridized carbons (Fsp3) is 0.250. The molecule has 0 saturated heterocycles. The highest BCUT2D eigenvalue weighted by molar-refractivity contribution is 5.23. The number of imidazole rings is 1. The maximum absolute atomic E-state index is 10.1. The van der Waals surface area contributed by atoms with Crippen molar-refractivity contribution < 1.29 is 5.11 Å². The largest absolute Gasteiger partial charge is 0.380 e. The zero-order chi connectivity index (χ0) is 10.8. The minimum absolute atomic E-state index is 0.648. The van der Waals surface area contributed by atoms with Gasteiger partial charge in [-0.3, -0.25) is 0 Å². The summed E-state index contributed by atoms with van der Waals surface area (Å²) in [4.78, 5) is 4.20. The summed E-state index contributed by atoms with van der Waals surface area (Å²) in [6.07, 6.45) is 1.12. The molecule has 0 amide bonds. The summed E-state index contributed by atoms with van der Waals surface area (Å²) < 4.78 is 1.90. The van der Waals surface area contributed by atoms with E-state index >= 15 is 0 Å². The summed E-state index contributed by atoms with van der Waals surface area (Å²) in [7, 11) is 1.91. The van der Waals surface area contributed by atoms with E-state index < -0.39 is 6.10 Å². The van der Waals surface area contributed by atoms with Gasteiger partial charge in [-0.2, -0.15) is 0 Å². The van der Waals surface area contributed by atoms with Crippen molar-refractivity contribution >= 4 is 0 Å². The summed E-state index contributed by atoms with van der Waals surface area (Å²) in [5, 5.41) is 10.1. The van der Waals surface area contributed by atoms with Crippen LogP contribution in [0, 0.1) is 6.92 Å². The molecule has 0 aliphatic carbocycles. The third-order valence-electron chi connectivity index (χ3n) is 2.62. The van der Waals surface area contributed by atoms with Crippen molar-refractivity contribution in [1.82, 2.24) is 9.55 Å². The number of hydrogen-bond donors (Lipinski definition) is 1. The molecule has 0 bridgehead atoms. The van der Waals surface area contributed by atoms with Crippen LogP contribution in [0.2, 0.25) is 0 Å². The van der Waals surface area contributed by atoms with Gasteiger partial charge in [-0.05, 0) is 12.5 Å². The SMILES string of the molecule is Cc1cnc(C(O)c2ccccc2)n1C. The zero-order valence-electron chi connectivity index (χ0n) is 8.88. The molecule has 0 fully saturated rings. The quantitative estimate of drug-likeness (QED) is 0.806. The molecule has 1 N–H and O–H groups in total. The molecule has 2 aromatic rings. The second-order valence-electron chi connectivity index (χ2n) is 3.63. The molecule has 0 saturated carbocycles. The van der Waals surface area contributed by atoms with Crippen molar-refractivity contribution in [1.29, 1.82) is 0 Å². The second-order valence-corrected chi connectivity index (χ2v) is 3.63. The third kappa shape index (κ3) is 1.78. The lowest BCUT2D eigenvalue weighted by atomic mass is 10.1. The highest BCUT2D eigenvalue weighted by atomic mass is 16.3. The summed E-state index contributed by atoms with van der Waals surface area (Å²) in [5.41, 5.74) is 1.91. The van der Waals surface area contributed by atoms with Crippen molar-refractivity contribution in [3.63, 3.8) is 0 Å². The second kappa shape index (κ2) is 3.87. The van der Waals surface area contributed by atoms with E-state index in [-0.39, 0.29) is 0 Å². The lowest BCUT2D eigenvalue weighted by Crippen LogP contribution is -2.07. The molecule has 1 aromatic carbocycles. The van der Waals surface area contributed by atoms with Gasteiger partial charge in [-0.15, -0.1) is 0 Å². The number of nitrogens with zero attached hydrogens (tertiary/aromatic N) is 2.